The molecular weight excluding hydrogens is 382 g/mol. The fraction of sp³-hybridized carbons (Fsp3) is 0.0833. The van der Waals surface area contributed by atoms with Crippen molar-refractivity contribution in [3.8, 4) is 5.75 Å². The first kappa shape index (κ1) is 15.9. The summed E-state index contributed by atoms with van der Waals surface area (Å²) in [7, 11) is -2.33. The lowest BCUT2D eigenvalue weighted by Crippen LogP contribution is -2.13. The maximum atomic E-state index is 12.2. The highest BCUT2D eigenvalue weighted by atomic mass is 79.9. The molecule has 0 amide bonds. The number of methoxy groups -OCH3 is 1. The SMILES string of the molecule is COc1cc(NS(=O)(=O)c2cnc(N)c(Cl)c2)ccc1Br. The van der Waals surface area contributed by atoms with Gasteiger partial charge in [-0.15, -0.1) is 0 Å². The lowest BCUT2D eigenvalue weighted by atomic mass is 10.3. The van der Waals surface area contributed by atoms with Crippen molar-refractivity contribution < 1.29 is 13.2 Å². The van der Waals surface area contributed by atoms with Gasteiger partial charge in [-0.25, -0.2) is 13.4 Å². The van der Waals surface area contributed by atoms with Gasteiger partial charge >= 0.3 is 0 Å². The van der Waals surface area contributed by atoms with E-state index in [-0.39, 0.29) is 15.7 Å². The van der Waals surface area contributed by atoms with Gasteiger partial charge in [0.15, 0.2) is 0 Å². The average molecular weight is 393 g/mol. The normalized spacial score (nSPS) is 11.2. The van der Waals surface area contributed by atoms with E-state index in [0.29, 0.717) is 15.9 Å². The van der Waals surface area contributed by atoms with E-state index in [1.807, 2.05) is 0 Å². The summed E-state index contributed by atoms with van der Waals surface area (Å²) in [5.74, 6) is 0.574. The van der Waals surface area contributed by atoms with E-state index in [4.69, 9.17) is 22.1 Å². The molecule has 112 valence electrons. The molecular formula is C12H11BrClN3O3S. The van der Waals surface area contributed by atoms with E-state index in [1.54, 1.807) is 18.2 Å². The summed E-state index contributed by atoms with van der Waals surface area (Å²) in [5, 5.41) is 0.0752. The second-order valence-electron chi connectivity index (χ2n) is 3.99. The Kier molecular flexibility index (Phi) is 4.60. The largest absolute Gasteiger partial charge is 0.495 e. The zero-order chi connectivity index (χ0) is 15.6. The third-order valence-electron chi connectivity index (χ3n) is 2.56. The first-order valence-electron chi connectivity index (χ1n) is 5.61. The maximum absolute atomic E-state index is 12.2. The molecule has 0 aliphatic carbocycles. The standard InChI is InChI=1S/C12H11BrClN3O3S/c1-20-11-4-7(2-3-9(11)13)17-21(18,19)8-5-10(14)12(15)16-6-8/h2-6,17H,1H3,(H2,15,16). The summed E-state index contributed by atoms with van der Waals surface area (Å²) in [6, 6.07) is 6.05. The molecule has 1 aromatic heterocycles. The topological polar surface area (TPSA) is 94.3 Å². The Morgan fingerprint density at radius 1 is 1.38 bits per heavy atom. The fourth-order valence-corrected chi connectivity index (χ4v) is 3.17. The molecule has 1 heterocycles. The third kappa shape index (κ3) is 3.58. The Bertz CT molecular complexity index is 783. The number of ether oxygens (including phenoxy) is 1. The molecule has 2 aromatic rings. The van der Waals surface area contributed by atoms with Gasteiger partial charge in [0.25, 0.3) is 10.0 Å². The van der Waals surface area contributed by atoms with E-state index in [0.717, 1.165) is 6.20 Å². The van der Waals surface area contributed by atoms with Crippen molar-refractivity contribution in [3.63, 3.8) is 0 Å². The van der Waals surface area contributed by atoms with Crippen LogP contribution in [0.5, 0.6) is 5.75 Å². The predicted molar refractivity (Wildman–Crippen MR) is 85.2 cm³/mol. The second kappa shape index (κ2) is 6.08. The van der Waals surface area contributed by atoms with Gasteiger partial charge < -0.3 is 10.5 Å². The zero-order valence-corrected chi connectivity index (χ0v) is 14.0. The van der Waals surface area contributed by atoms with Crippen LogP contribution in [0.15, 0.2) is 39.8 Å². The number of nitrogens with zero attached hydrogens (tertiary/aromatic N) is 1. The van der Waals surface area contributed by atoms with Crippen molar-refractivity contribution >= 4 is 49.1 Å². The number of anilines is 2. The summed E-state index contributed by atoms with van der Waals surface area (Å²) in [4.78, 5) is 3.65. The lowest BCUT2D eigenvalue weighted by molar-refractivity contribution is 0.412. The van der Waals surface area contributed by atoms with Crippen LogP contribution in [-0.4, -0.2) is 20.5 Å². The Morgan fingerprint density at radius 3 is 2.71 bits per heavy atom. The number of pyridine rings is 1. The molecule has 0 saturated heterocycles. The smallest absolute Gasteiger partial charge is 0.263 e. The number of aromatic nitrogens is 1. The number of nitrogen functional groups attached to an aromatic ring is 1. The molecule has 2 rings (SSSR count). The summed E-state index contributed by atoms with van der Waals surface area (Å²) in [6.07, 6.45) is 1.14. The molecule has 6 nitrogen and oxygen atoms in total. The van der Waals surface area contributed by atoms with Crippen LogP contribution in [0.25, 0.3) is 0 Å². The van der Waals surface area contributed by atoms with Gasteiger partial charge in [0.2, 0.25) is 0 Å². The van der Waals surface area contributed by atoms with Gasteiger partial charge in [0.05, 0.1) is 22.3 Å². The molecule has 9 heteroatoms. The van der Waals surface area contributed by atoms with Crippen molar-refractivity contribution in [1.29, 1.82) is 0 Å². The number of nitrogens with one attached hydrogen (secondary N) is 1. The molecule has 0 radical (unpaired) electrons. The Balaban J connectivity index is 2.35. The van der Waals surface area contributed by atoms with E-state index in [1.165, 1.54) is 13.2 Å². The first-order valence-corrected chi connectivity index (χ1v) is 8.26. The molecule has 0 bridgehead atoms. The molecule has 1 aromatic carbocycles. The molecule has 0 fully saturated rings. The minimum atomic E-state index is -3.81. The summed E-state index contributed by atoms with van der Waals surface area (Å²) >= 11 is 9.07. The number of halogens is 2. The van der Waals surface area contributed by atoms with Gasteiger partial charge in [-0.3, -0.25) is 4.72 Å². The van der Waals surface area contributed by atoms with Crippen molar-refractivity contribution in [2.75, 3.05) is 17.6 Å². The van der Waals surface area contributed by atoms with Gasteiger partial charge in [0, 0.05) is 12.3 Å². The Labute approximate surface area is 135 Å². The first-order chi connectivity index (χ1) is 9.83. The van der Waals surface area contributed by atoms with Crippen LogP contribution in [0.2, 0.25) is 5.02 Å². The number of nitrogens with two attached hydrogens (primary N) is 1. The molecule has 0 aliphatic rings. The van der Waals surface area contributed by atoms with Crippen molar-refractivity contribution in [1.82, 2.24) is 4.98 Å². The van der Waals surface area contributed by atoms with Crippen LogP contribution < -0.4 is 15.2 Å². The predicted octanol–water partition coefficient (Wildman–Crippen LogP) is 2.89. The summed E-state index contributed by atoms with van der Waals surface area (Å²) in [6.45, 7) is 0. The molecule has 0 spiro atoms. The number of rotatable bonds is 4. The van der Waals surface area contributed by atoms with Crippen molar-refractivity contribution in [2.24, 2.45) is 0 Å². The van der Waals surface area contributed by atoms with E-state index in [9.17, 15) is 8.42 Å². The van der Waals surface area contributed by atoms with Gasteiger partial charge in [-0.05, 0) is 34.1 Å². The van der Waals surface area contributed by atoms with Crippen LogP contribution >= 0.6 is 27.5 Å². The van der Waals surface area contributed by atoms with Crippen LogP contribution in [0.4, 0.5) is 11.5 Å². The maximum Gasteiger partial charge on any atom is 0.263 e. The Morgan fingerprint density at radius 2 is 2.10 bits per heavy atom. The summed E-state index contributed by atoms with van der Waals surface area (Å²) < 4.78 is 32.7. The molecule has 0 aliphatic heterocycles. The molecule has 0 unspecified atom stereocenters. The molecule has 3 N–H and O–H groups in total. The van der Waals surface area contributed by atoms with Crippen LogP contribution in [0.3, 0.4) is 0 Å². The van der Waals surface area contributed by atoms with Gasteiger partial charge in [-0.2, -0.15) is 0 Å². The molecule has 0 atom stereocenters. The number of hydrogen-bond acceptors (Lipinski definition) is 5. The number of benzene rings is 1. The molecule has 0 saturated carbocycles. The molecule has 21 heavy (non-hydrogen) atoms. The third-order valence-corrected chi connectivity index (χ3v) is 4.86. The monoisotopic (exact) mass is 391 g/mol. The lowest BCUT2D eigenvalue weighted by Gasteiger charge is -2.10. The highest BCUT2D eigenvalue weighted by Crippen LogP contribution is 2.29. The fourth-order valence-electron chi connectivity index (χ4n) is 1.52. The Hall–Kier alpha value is -1.51. The highest BCUT2D eigenvalue weighted by molar-refractivity contribution is 9.10. The van der Waals surface area contributed by atoms with E-state index >= 15 is 0 Å². The van der Waals surface area contributed by atoms with Crippen LogP contribution in [0.1, 0.15) is 0 Å². The van der Waals surface area contributed by atoms with Crippen LogP contribution in [0, 0.1) is 0 Å². The van der Waals surface area contributed by atoms with Crippen molar-refractivity contribution in [2.45, 2.75) is 4.90 Å². The number of sulfonamides is 1. The van der Waals surface area contributed by atoms with E-state index in [2.05, 4.69) is 25.6 Å². The quantitative estimate of drug-likeness (QED) is 0.834. The second-order valence-corrected chi connectivity index (χ2v) is 6.94. The van der Waals surface area contributed by atoms with E-state index < -0.39 is 10.0 Å². The minimum absolute atomic E-state index is 0.0703. The average Bonchev–Trinajstić information content (AvgIpc) is 2.43. The minimum Gasteiger partial charge on any atom is -0.495 e. The highest BCUT2D eigenvalue weighted by Gasteiger charge is 2.17. The summed E-state index contributed by atoms with van der Waals surface area (Å²) in [5.41, 5.74) is 5.81. The van der Waals surface area contributed by atoms with Gasteiger partial charge in [-0.1, -0.05) is 11.6 Å². The number of hydrogen-bond donors (Lipinski definition) is 2. The zero-order valence-electron chi connectivity index (χ0n) is 10.8. The van der Waals surface area contributed by atoms with Gasteiger partial charge in [0.1, 0.15) is 16.5 Å². The van der Waals surface area contributed by atoms with Crippen molar-refractivity contribution in [3.05, 3.63) is 40.0 Å². The van der Waals surface area contributed by atoms with Crippen LogP contribution in [-0.2, 0) is 10.0 Å².